The van der Waals surface area contributed by atoms with Crippen LogP contribution in [0.5, 0.6) is 0 Å². The lowest BCUT2D eigenvalue weighted by Crippen LogP contribution is -2.31. The molecule has 22 heavy (non-hydrogen) atoms. The van der Waals surface area contributed by atoms with Crippen molar-refractivity contribution in [1.82, 2.24) is 15.5 Å². The third kappa shape index (κ3) is 21.2. The van der Waals surface area contributed by atoms with Gasteiger partial charge in [0, 0.05) is 39.0 Å². The average molecular weight is 316 g/mol. The van der Waals surface area contributed by atoms with Gasteiger partial charge in [-0.15, -0.1) is 0 Å². The van der Waals surface area contributed by atoms with E-state index in [0.717, 1.165) is 38.8 Å². The first-order valence-electron chi connectivity index (χ1n) is 8.36. The fourth-order valence-corrected chi connectivity index (χ4v) is 1.48. The summed E-state index contributed by atoms with van der Waals surface area (Å²) in [5, 5.41) is 5.57. The van der Waals surface area contributed by atoms with Crippen LogP contribution in [0.2, 0.25) is 0 Å². The smallest absolute Gasteiger partial charge is 0.220 e. The van der Waals surface area contributed by atoms with Gasteiger partial charge in [-0.25, -0.2) is 0 Å². The molecule has 0 aromatic heterocycles. The van der Waals surface area contributed by atoms with Crippen LogP contribution in [0.25, 0.3) is 0 Å². The maximum atomic E-state index is 11.1. The molecule has 6 heteroatoms. The molecular weight excluding hydrogens is 280 g/mol. The zero-order chi connectivity index (χ0) is 17.2. The molecule has 0 aromatic carbocycles. The Labute approximate surface area is 136 Å². The van der Waals surface area contributed by atoms with Gasteiger partial charge in [0.2, 0.25) is 11.8 Å². The van der Waals surface area contributed by atoms with Crippen molar-refractivity contribution in [3.05, 3.63) is 0 Å². The van der Waals surface area contributed by atoms with Gasteiger partial charge in [-0.2, -0.15) is 0 Å². The molecule has 0 aliphatic heterocycles. The van der Waals surface area contributed by atoms with Crippen molar-refractivity contribution < 1.29 is 9.59 Å². The summed E-state index contributed by atoms with van der Waals surface area (Å²) >= 11 is 0. The Morgan fingerprint density at radius 1 is 0.909 bits per heavy atom. The maximum Gasteiger partial charge on any atom is 0.220 e. The predicted molar refractivity (Wildman–Crippen MR) is 92.7 cm³/mol. The molecule has 0 fully saturated rings. The molecular formula is C16H36N4O2. The number of carbonyl (C=O) groups is 2. The first kappa shape index (κ1) is 23.1. The second-order valence-electron chi connectivity index (χ2n) is 5.50. The van der Waals surface area contributed by atoms with E-state index in [1.165, 1.54) is 0 Å². The minimum Gasteiger partial charge on any atom is -0.355 e. The van der Waals surface area contributed by atoms with Gasteiger partial charge in [0.05, 0.1) is 0 Å². The highest BCUT2D eigenvalue weighted by Gasteiger charge is 1.98. The van der Waals surface area contributed by atoms with Gasteiger partial charge in [0.15, 0.2) is 0 Å². The van der Waals surface area contributed by atoms with Crippen molar-refractivity contribution in [2.24, 2.45) is 5.73 Å². The summed E-state index contributed by atoms with van der Waals surface area (Å²) in [5.74, 6) is 0.297. The van der Waals surface area contributed by atoms with E-state index in [-0.39, 0.29) is 11.8 Å². The van der Waals surface area contributed by atoms with Gasteiger partial charge in [-0.3, -0.25) is 9.59 Å². The van der Waals surface area contributed by atoms with E-state index in [1.807, 2.05) is 14.1 Å². The molecule has 0 aliphatic rings. The van der Waals surface area contributed by atoms with E-state index in [0.29, 0.717) is 25.9 Å². The van der Waals surface area contributed by atoms with Crippen molar-refractivity contribution in [2.45, 2.75) is 52.4 Å². The van der Waals surface area contributed by atoms with Crippen LogP contribution in [0.1, 0.15) is 52.4 Å². The van der Waals surface area contributed by atoms with Crippen LogP contribution >= 0.6 is 0 Å². The van der Waals surface area contributed by atoms with Gasteiger partial charge in [-0.1, -0.05) is 26.7 Å². The number of rotatable bonds is 11. The van der Waals surface area contributed by atoms with Gasteiger partial charge in [0.1, 0.15) is 0 Å². The monoisotopic (exact) mass is 316 g/mol. The second-order valence-corrected chi connectivity index (χ2v) is 5.50. The molecule has 0 bridgehead atoms. The van der Waals surface area contributed by atoms with Gasteiger partial charge < -0.3 is 21.3 Å². The Balaban J connectivity index is 0. The van der Waals surface area contributed by atoms with Crippen LogP contribution < -0.4 is 16.4 Å². The topological polar surface area (TPSA) is 87.5 Å². The number of amides is 2. The van der Waals surface area contributed by atoms with E-state index in [4.69, 9.17) is 5.73 Å². The number of nitrogens with one attached hydrogen (secondary N) is 2. The lowest BCUT2D eigenvalue weighted by molar-refractivity contribution is -0.122. The second kappa shape index (κ2) is 17.9. The average Bonchev–Trinajstić information content (AvgIpc) is 2.49. The Hall–Kier alpha value is -1.14. The SMILES string of the molecule is CCCCC(=O)NCCN.CCCCC(=O)NCCN(C)C. The van der Waals surface area contributed by atoms with E-state index in [1.54, 1.807) is 0 Å². The normalized spacial score (nSPS) is 9.91. The summed E-state index contributed by atoms with van der Waals surface area (Å²) in [7, 11) is 4.00. The van der Waals surface area contributed by atoms with Crippen molar-refractivity contribution in [3.63, 3.8) is 0 Å². The molecule has 0 aliphatic carbocycles. The fraction of sp³-hybridized carbons (Fsp3) is 0.875. The van der Waals surface area contributed by atoms with Gasteiger partial charge >= 0.3 is 0 Å². The Morgan fingerprint density at radius 3 is 1.73 bits per heavy atom. The van der Waals surface area contributed by atoms with Crippen LogP contribution in [0.3, 0.4) is 0 Å². The molecule has 0 atom stereocenters. The molecule has 0 aromatic rings. The number of likely N-dealkylation sites (N-methyl/N-ethyl adjacent to an activating group) is 1. The summed E-state index contributed by atoms with van der Waals surface area (Å²) in [6.07, 6.45) is 5.42. The molecule has 2 amide bonds. The number of hydrogen-bond donors (Lipinski definition) is 3. The molecule has 6 nitrogen and oxygen atoms in total. The van der Waals surface area contributed by atoms with Crippen LogP contribution in [0.15, 0.2) is 0 Å². The summed E-state index contributed by atoms with van der Waals surface area (Å²) in [5.41, 5.74) is 5.19. The Bertz CT molecular complexity index is 261. The van der Waals surface area contributed by atoms with E-state index in [2.05, 4.69) is 29.4 Å². The highest BCUT2D eigenvalue weighted by Crippen LogP contribution is 1.92. The van der Waals surface area contributed by atoms with E-state index < -0.39 is 0 Å². The summed E-state index contributed by atoms with van der Waals surface area (Å²) in [6, 6.07) is 0. The highest BCUT2D eigenvalue weighted by molar-refractivity contribution is 5.76. The third-order valence-corrected chi connectivity index (χ3v) is 2.86. The van der Waals surface area contributed by atoms with Crippen LogP contribution in [-0.4, -0.2) is 57.0 Å². The summed E-state index contributed by atoms with van der Waals surface area (Å²) < 4.78 is 0. The van der Waals surface area contributed by atoms with Crippen molar-refractivity contribution >= 4 is 11.8 Å². The molecule has 0 radical (unpaired) electrons. The summed E-state index contributed by atoms with van der Waals surface area (Å²) in [4.78, 5) is 23.9. The zero-order valence-corrected chi connectivity index (χ0v) is 14.9. The standard InChI is InChI=1S/C9H20N2O.C7H16N2O/c1-4-5-6-9(12)10-7-8-11(2)3;1-2-3-4-7(10)9-6-5-8/h4-8H2,1-3H3,(H,10,12);2-6,8H2,1H3,(H,9,10). The first-order valence-corrected chi connectivity index (χ1v) is 8.36. The number of unbranched alkanes of at least 4 members (excludes halogenated alkanes) is 2. The molecule has 132 valence electrons. The minimum atomic E-state index is 0.118. The molecule has 4 N–H and O–H groups in total. The molecule has 0 spiro atoms. The van der Waals surface area contributed by atoms with E-state index in [9.17, 15) is 9.59 Å². The quantitative estimate of drug-likeness (QED) is 0.533. The number of nitrogens with two attached hydrogens (primary N) is 1. The molecule has 0 unspecified atom stereocenters. The Morgan fingerprint density at radius 2 is 1.36 bits per heavy atom. The van der Waals surface area contributed by atoms with Gasteiger partial charge in [-0.05, 0) is 26.9 Å². The number of carbonyl (C=O) groups excluding carboxylic acids is 2. The van der Waals surface area contributed by atoms with Crippen LogP contribution in [-0.2, 0) is 9.59 Å². The largest absolute Gasteiger partial charge is 0.355 e. The lowest BCUT2D eigenvalue weighted by Gasteiger charge is -2.09. The molecule has 0 heterocycles. The maximum absolute atomic E-state index is 11.1. The van der Waals surface area contributed by atoms with Crippen molar-refractivity contribution in [2.75, 3.05) is 40.3 Å². The van der Waals surface area contributed by atoms with Crippen LogP contribution in [0, 0.1) is 0 Å². The van der Waals surface area contributed by atoms with Gasteiger partial charge in [0.25, 0.3) is 0 Å². The molecule has 0 saturated heterocycles. The van der Waals surface area contributed by atoms with Crippen molar-refractivity contribution in [1.29, 1.82) is 0 Å². The lowest BCUT2D eigenvalue weighted by atomic mass is 10.2. The van der Waals surface area contributed by atoms with E-state index >= 15 is 0 Å². The molecule has 0 rings (SSSR count). The zero-order valence-electron chi connectivity index (χ0n) is 14.9. The first-order chi connectivity index (χ1) is 10.5. The highest BCUT2D eigenvalue weighted by atomic mass is 16.2. The fourth-order valence-electron chi connectivity index (χ4n) is 1.48. The summed E-state index contributed by atoms with van der Waals surface area (Å²) in [6.45, 7) is 6.96. The number of nitrogens with zero attached hydrogens (tertiary/aromatic N) is 1. The minimum absolute atomic E-state index is 0.118. The molecule has 0 saturated carbocycles. The van der Waals surface area contributed by atoms with Crippen molar-refractivity contribution in [3.8, 4) is 0 Å². The third-order valence-electron chi connectivity index (χ3n) is 2.86. The van der Waals surface area contributed by atoms with Crippen LogP contribution in [0.4, 0.5) is 0 Å². The Kier molecular flexibility index (Phi) is 18.8. The number of hydrogen-bond acceptors (Lipinski definition) is 4. The predicted octanol–water partition coefficient (Wildman–Crippen LogP) is 1.11.